The monoisotopic (exact) mass is 362 g/mol. The largest absolute Gasteiger partial charge is 0.507 e. The van der Waals surface area contributed by atoms with Gasteiger partial charge >= 0.3 is 0 Å². The Bertz CT molecular complexity index is 916. The molecule has 1 aromatic carbocycles. The van der Waals surface area contributed by atoms with Crippen LogP contribution in [0, 0.1) is 11.3 Å². The molecule has 1 N–H and O–H groups in total. The molecule has 3 rings (SSSR count). The van der Waals surface area contributed by atoms with Crippen LogP contribution in [0.1, 0.15) is 44.2 Å². The fourth-order valence-electron chi connectivity index (χ4n) is 4.72. The smallest absolute Gasteiger partial charge is 0.166 e. The van der Waals surface area contributed by atoms with Gasteiger partial charge in [0.1, 0.15) is 5.75 Å². The van der Waals surface area contributed by atoms with Crippen molar-refractivity contribution in [3.05, 3.63) is 77.4 Å². The number of carbonyl (C=O) groups excluding carboxylic acids is 2. The number of benzene rings is 1. The molecule has 1 aromatic rings. The normalized spacial score (nSPS) is 27.9. The van der Waals surface area contributed by atoms with Crippen molar-refractivity contribution in [2.75, 3.05) is 0 Å². The Morgan fingerprint density at radius 1 is 1.22 bits per heavy atom. The van der Waals surface area contributed by atoms with Gasteiger partial charge in [-0.05, 0) is 49.0 Å². The minimum atomic E-state index is -0.941. The second kappa shape index (κ2) is 6.80. The van der Waals surface area contributed by atoms with E-state index >= 15 is 0 Å². The van der Waals surface area contributed by atoms with E-state index < -0.39 is 17.3 Å². The molecule has 0 fully saturated rings. The maximum Gasteiger partial charge on any atom is 0.166 e. The van der Waals surface area contributed by atoms with Gasteiger partial charge in [0.05, 0.1) is 5.41 Å². The van der Waals surface area contributed by atoms with Gasteiger partial charge in [0.2, 0.25) is 0 Å². The van der Waals surface area contributed by atoms with Crippen LogP contribution >= 0.6 is 0 Å². The van der Waals surface area contributed by atoms with Crippen LogP contribution < -0.4 is 0 Å². The molecule has 0 aromatic heterocycles. The Labute approximate surface area is 160 Å². The van der Waals surface area contributed by atoms with Crippen molar-refractivity contribution in [3.63, 3.8) is 0 Å². The second-order valence-electron chi connectivity index (χ2n) is 7.70. The highest BCUT2D eigenvalue weighted by molar-refractivity contribution is 6.15. The van der Waals surface area contributed by atoms with Gasteiger partial charge in [-0.15, -0.1) is 6.58 Å². The molecule has 3 nitrogen and oxygen atoms in total. The molecule has 0 radical (unpaired) electrons. The summed E-state index contributed by atoms with van der Waals surface area (Å²) in [6.45, 7) is 13.0. The number of phenolic OH excluding ortho intramolecular Hbond substituents is 1. The highest BCUT2D eigenvalue weighted by Gasteiger charge is 2.56. The van der Waals surface area contributed by atoms with Crippen LogP contribution in [0.25, 0.3) is 0 Å². The van der Waals surface area contributed by atoms with Crippen LogP contribution in [0.4, 0.5) is 0 Å². The molecule has 0 bridgehead atoms. The van der Waals surface area contributed by atoms with Crippen molar-refractivity contribution in [2.45, 2.75) is 39.5 Å². The van der Waals surface area contributed by atoms with Crippen LogP contribution in [0.3, 0.4) is 0 Å². The first-order chi connectivity index (χ1) is 12.8. The molecular weight excluding hydrogens is 336 g/mol. The van der Waals surface area contributed by atoms with Gasteiger partial charge in [-0.25, -0.2) is 0 Å². The first-order valence-corrected chi connectivity index (χ1v) is 9.29. The standard InChI is InChI=1S/C24H26O3/c1-6-9-17-10-8-11-18(22(17)26)20-16(7-2)12-13-19-21(25)14(3)15(4)23(27)24(19,20)5/h6-8,10-12,19-20,26H,1-2,9,13H2,3-5H3. The van der Waals surface area contributed by atoms with Crippen molar-refractivity contribution in [1.82, 2.24) is 0 Å². The van der Waals surface area contributed by atoms with Crippen molar-refractivity contribution < 1.29 is 14.7 Å². The van der Waals surface area contributed by atoms with Gasteiger partial charge in [-0.3, -0.25) is 9.59 Å². The second-order valence-corrected chi connectivity index (χ2v) is 7.70. The maximum absolute atomic E-state index is 13.4. The highest BCUT2D eigenvalue weighted by atomic mass is 16.3. The third-order valence-corrected chi connectivity index (χ3v) is 6.39. The highest BCUT2D eigenvalue weighted by Crippen LogP contribution is 2.57. The van der Waals surface area contributed by atoms with Gasteiger partial charge in [-0.1, -0.05) is 49.9 Å². The summed E-state index contributed by atoms with van der Waals surface area (Å²) >= 11 is 0. The SMILES string of the molecule is C=CCc1cccc(C2C(C=C)=CCC3C(=O)C(C)=C(C)C(=O)C32C)c1O. The third kappa shape index (κ3) is 2.64. The first-order valence-electron chi connectivity index (χ1n) is 9.29. The average Bonchev–Trinajstić information content (AvgIpc) is 2.66. The summed E-state index contributed by atoms with van der Waals surface area (Å²) in [7, 11) is 0. The number of carbonyl (C=O) groups is 2. The van der Waals surface area contributed by atoms with E-state index in [1.807, 2.05) is 31.2 Å². The van der Waals surface area contributed by atoms with E-state index in [9.17, 15) is 14.7 Å². The Balaban J connectivity index is 2.28. The Morgan fingerprint density at radius 3 is 2.56 bits per heavy atom. The van der Waals surface area contributed by atoms with E-state index in [0.717, 1.165) is 11.1 Å². The quantitative estimate of drug-likeness (QED) is 0.781. The number of Topliss-reactive ketones (excluding diaryl/α,β-unsaturated/α-hetero) is 2. The van der Waals surface area contributed by atoms with Crippen molar-refractivity contribution in [2.24, 2.45) is 11.3 Å². The van der Waals surface area contributed by atoms with E-state index in [-0.39, 0.29) is 17.3 Å². The maximum atomic E-state index is 13.4. The fraction of sp³-hybridized carbons (Fsp3) is 0.333. The number of rotatable bonds is 4. The van der Waals surface area contributed by atoms with Crippen molar-refractivity contribution in [1.29, 1.82) is 0 Å². The minimum absolute atomic E-state index is 0.0180. The number of para-hydroxylation sites is 1. The van der Waals surface area contributed by atoms with Crippen LogP contribution in [0.15, 0.2) is 66.3 Å². The molecule has 0 spiro atoms. The van der Waals surface area contributed by atoms with Gasteiger partial charge in [-0.2, -0.15) is 0 Å². The molecule has 0 saturated carbocycles. The molecule has 140 valence electrons. The number of phenols is 1. The predicted molar refractivity (Wildman–Crippen MR) is 108 cm³/mol. The summed E-state index contributed by atoms with van der Waals surface area (Å²) in [5.41, 5.74) is 2.45. The lowest BCUT2D eigenvalue weighted by Crippen LogP contribution is -2.50. The van der Waals surface area contributed by atoms with Crippen molar-refractivity contribution >= 4 is 11.6 Å². The Morgan fingerprint density at radius 2 is 1.93 bits per heavy atom. The molecule has 3 atom stereocenters. The minimum Gasteiger partial charge on any atom is -0.507 e. The molecule has 0 amide bonds. The molecular formula is C24H26O3. The summed E-state index contributed by atoms with van der Waals surface area (Å²) in [4.78, 5) is 26.4. The number of ketones is 2. The van der Waals surface area contributed by atoms with E-state index in [4.69, 9.17) is 0 Å². The average molecular weight is 362 g/mol. The molecule has 0 saturated heterocycles. The Kier molecular flexibility index (Phi) is 4.81. The van der Waals surface area contributed by atoms with Gasteiger partial charge in [0, 0.05) is 17.4 Å². The topological polar surface area (TPSA) is 54.4 Å². The van der Waals surface area contributed by atoms with Gasteiger partial charge in [0.15, 0.2) is 11.6 Å². The molecule has 2 aliphatic carbocycles. The van der Waals surface area contributed by atoms with Crippen LogP contribution in [0.2, 0.25) is 0 Å². The Hall–Kier alpha value is -2.68. The van der Waals surface area contributed by atoms with E-state index in [1.165, 1.54) is 0 Å². The molecule has 3 unspecified atom stereocenters. The van der Waals surface area contributed by atoms with Crippen molar-refractivity contribution in [3.8, 4) is 5.75 Å². The molecule has 2 aliphatic rings. The summed E-state index contributed by atoms with van der Waals surface area (Å²) < 4.78 is 0. The number of aromatic hydroxyl groups is 1. The lowest BCUT2D eigenvalue weighted by molar-refractivity contribution is -0.138. The number of allylic oxidation sites excluding steroid dienone is 6. The zero-order chi connectivity index (χ0) is 19.9. The first kappa shape index (κ1) is 19.1. The summed E-state index contributed by atoms with van der Waals surface area (Å²) in [5, 5.41) is 10.9. The fourth-order valence-corrected chi connectivity index (χ4v) is 4.72. The number of fused-ring (bicyclic) bond motifs is 1. The predicted octanol–water partition coefficient (Wildman–Crippen LogP) is 4.83. The van der Waals surface area contributed by atoms with E-state index in [1.54, 1.807) is 26.0 Å². The van der Waals surface area contributed by atoms with E-state index in [0.29, 0.717) is 29.6 Å². The van der Waals surface area contributed by atoms with Crippen LogP contribution in [-0.2, 0) is 16.0 Å². The third-order valence-electron chi connectivity index (χ3n) is 6.39. The molecule has 0 aliphatic heterocycles. The zero-order valence-corrected chi connectivity index (χ0v) is 16.2. The molecule has 0 heterocycles. The van der Waals surface area contributed by atoms with Crippen LogP contribution in [0.5, 0.6) is 5.75 Å². The molecule has 3 heteroatoms. The summed E-state index contributed by atoms with van der Waals surface area (Å²) in [6, 6.07) is 5.57. The van der Waals surface area contributed by atoms with Gasteiger partial charge in [0.25, 0.3) is 0 Å². The number of hydrogen-bond acceptors (Lipinski definition) is 3. The lowest BCUT2D eigenvalue weighted by Gasteiger charge is -2.48. The molecule has 27 heavy (non-hydrogen) atoms. The number of hydrogen-bond donors (Lipinski definition) is 1. The van der Waals surface area contributed by atoms with E-state index in [2.05, 4.69) is 13.2 Å². The van der Waals surface area contributed by atoms with Crippen LogP contribution in [-0.4, -0.2) is 16.7 Å². The van der Waals surface area contributed by atoms with Gasteiger partial charge < -0.3 is 5.11 Å². The lowest BCUT2D eigenvalue weighted by atomic mass is 9.52. The summed E-state index contributed by atoms with van der Waals surface area (Å²) in [5.74, 6) is -0.666. The summed E-state index contributed by atoms with van der Waals surface area (Å²) in [6.07, 6.45) is 6.51. The zero-order valence-electron chi connectivity index (χ0n) is 16.2.